The molecule has 1 saturated heterocycles. The van der Waals surface area contributed by atoms with E-state index in [4.69, 9.17) is 9.47 Å². The molecule has 0 aromatic heterocycles. The molecule has 0 atom stereocenters. The van der Waals surface area contributed by atoms with Gasteiger partial charge in [0.25, 0.3) is 0 Å². The van der Waals surface area contributed by atoms with E-state index in [1.807, 2.05) is 12.1 Å². The van der Waals surface area contributed by atoms with Crippen molar-refractivity contribution >= 4 is 0 Å². The van der Waals surface area contributed by atoms with Gasteiger partial charge in [-0.15, -0.1) is 0 Å². The molecular weight excluding hydrogens is 283 g/mol. The molecule has 0 aliphatic carbocycles. The van der Waals surface area contributed by atoms with E-state index in [0.717, 1.165) is 44.7 Å². The second-order valence-electron chi connectivity index (χ2n) is 6.19. The van der Waals surface area contributed by atoms with Crippen molar-refractivity contribution in [1.29, 1.82) is 0 Å². The quantitative estimate of drug-likeness (QED) is 0.874. The summed E-state index contributed by atoms with van der Waals surface area (Å²) in [7, 11) is 3.14. The van der Waals surface area contributed by atoms with Crippen molar-refractivity contribution in [3.05, 3.63) is 23.3 Å². The zero-order valence-electron chi connectivity index (χ0n) is 14.0. The molecule has 5 heteroatoms. The van der Waals surface area contributed by atoms with Gasteiger partial charge in [-0.05, 0) is 38.0 Å². The van der Waals surface area contributed by atoms with Gasteiger partial charge in [0.2, 0.25) is 0 Å². The van der Waals surface area contributed by atoms with Crippen LogP contribution in [0.15, 0.2) is 12.1 Å². The topological polar surface area (TPSA) is 33.7 Å². The fourth-order valence-corrected chi connectivity index (χ4v) is 2.83. The monoisotopic (exact) mass is 310 g/mol. The highest BCUT2D eigenvalue weighted by Crippen LogP contribution is 2.40. The third-order valence-electron chi connectivity index (χ3n) is 4.11. The molecule has 1 fully saturated rings. The van der Waals surface area contributed by atoms with Gasteiger partial charge in [0.1, 0.15) is 5.67 Å². The van der Waals surface area contributed by atoms with E-state index >= 15 is 0 Å². The van der Waals surface area contributed by atoms with Crippen LogP contribution in [0.1, 0.15) is 25.0 Å². The van der Waals surface area contributed by atoms with Crippen LogP contribution in [0.25, 0.3) is 0 Å². The van der Waals surface area contributed by atoms with Gasteiger partial charge >= 0.3 is 0 Å². The summed E-state index contributed by atoms with van der Waals surface area (Å²) in [6.07, 6.45) is 0.878. The highest BCUT2D eigenvalue weighted by atomic mass is 19.1. The number of halogens is 1. The van der Waals surface area contributed by atoms with Crippen LogP contribution >= 0.6 is 0 Å². The van der Waals surface area contributed by atoms with Gasteiger partial charge in [0.15, 0.2) is 11.5 Å². The van der Waals surface area contributed by atoms with Crippen LogP contribution in [0.2, 0.25) is 0 Å². The third-order valence-corrected chi connectivity index (χ3v) is 4.11. The van der Waals surface area contributed by atoms with Crippen LogP contribution in [-0.4, -0.2) is 51.8 Å². The molecule has 0 amide bonds. The Morgan fingerprint density at radius 3 is 2.41 bits per heavy atom. The molecular formula is C17H27FN2O2. The maximum absolute atomic E-state index is 14.5. The largest absolute Gasteiger partial charge is 0.493 e. The summed E-state index contributed by atoms with van der Waals surface area (Å²) in [6, 6.07) is 3.86. The lowest BCUT2D eigenvalue weighted by atomic mass is 9.95. The van der Waals surface area contributed by atoms with Crippen molar-refractivity contribution in [3.63, 3.8) is 0 Å². The summed E-state index contributed by atoms with van der Waals surface area (Å²) in [4.78, 5) is 2.42. The van der Waals surface area contributed by atoms with Gasteiger partial charge in [0, 0.05) is 38.3 Å². The SMILES string of the molecule is COc1cc(CCN2CCNCC2)cc(C(C)(C)F)c1OC. The highest BCUT2D eigenvalue weighted by molar-refractivity contribution is 5.51. The Bertz CT molecular complexity index is 494. The van der Waals surface area contributed by atoms with Crippen LogP contribution in [0.5, 0.6) is 11.5 Å². The van der Waals surface area contributed by atoms with Gasteiger partial charge in [-0.2, -0.15) is 0 Å². The number of rotatable bonds is 6. The van der Waals surface area contributed by atoms with E-state index in [2.05, 4.69) is 10.2 Å². The fourth-order valence-electron chi connectivity index (χ4n) is 2.83. The van der Waals surface area contributed by atoms with Gasteiger partial charge in [-0.1, -0.05) is 0 Å². The lowest BCUT2D eigenvalue weighted by Gasteiger charge is -2.27. The Kier molecular flexibility index (Phi) is 5.64. The predicted molar refractivity (Wildman–Crippen MR) is 86.7 cm³/mol. The van der Waals surface area contributed by atoms with Gasteiger partial charge in [-0.25, -0.2) is 4.39 Å². The van der Waals surface area contributed by atoms with Crippen molar-refractivity contribution < 1.29 is 13.9 Å². The van der Waals surface area contributed by atoms with Crippen LogP contribution in [0.3, 0.4) is 0 Å². The van der Waals surface area contributed by atoms with E-state index in [0.29, 0.717) is 17.1 Å². The summed E-state index contributed by atoms with van der Waals surface area (Å²) in [5, 5.41) is 3.35. The summed E-state index contributed by atoms with van der Waals surface area (Å²) >= 11 is 0. The summed E-state index contributed by atoms with van der Waals surface area (Å²) in [5.74, 6) is 1.09. The zero-order chi connectivity index (χ0) is 16.2. The van der Waals surface area contributed by atoms with E-state index in [9.17, 15) is 4.39 Å². The molecule has 1 heterocycles. The molecule has 0 bridgehead atoms. The first-order valence-electron chi connectivity index (χ1n) is 7.83. The summed E-state index contributed by atoms with van der Waals surface area (Å²) in [5.41, 5.74) is 0.158. The molecule has 0 saturated carbocycles. The Balaban J connectivity index is 2.20. The molecule has 22 heavy (non-hydrogen) atoms. The second kappa shape index (κ2) is 7.29. The van der Waals surface area contributed by atoms with Gasteiger partial charge in [0.05, 0.1) is 14.2 Å². The third kappa shape index (κ3) is 4.11. The maximum Gasteiger partial charge on any atom is 0.167 e. The minimum absolute atomic E-state index is 0.487. The molecule has 1 N–H and O–H groups in total. The fraction of sp³-hybridized carbons (Fsp3) is 0.647. The van der Waals surface area contributed by atoms with Crippen molar-refractivity contribution in [1.82, 2.24) is 10.2 Å². The van der Waals surface area contributed by atoms with Crippen LogP contribution in [0.4, 0.5) is 4.39 Å². The lowest BCUT2D eigenvalue weighted by Crippen LogP contribution is -2.44. The maximum atomic E-state index is 14.5. The number of ether oxygens (including phenoxy) is 2. The zero-order valence-corrected chi connectivity index (χ0v) is 14.0. The average Bonchev–Trinajstić information content (AvgIpc) is 2.52. The number of methoxy groups -OCH3 is 2. The highest BCUT2D eigenvalue weighted by Gasteiger charge is 2.26. The summed E-state index contributed by atoms with van der Waals surface area (Å²) in [6.45, 7) is 8.27. The molecule has 0 unspecified atom stereocenters. The van der Waals surface area contributed by atoms with Crippen molar-refractivity contribution in [2.75, 3.05) is 46.9 Å². The minimum Gasteiger partial charge on any atom is -0.493 e. The summed E-state index contributed by atoms with van der Waals surface area (Å²) < 4.78 is 25.3. The van der Waals surface area contributed by atoms with E-state index in [1.54, 1.807) is 28.1 Å². The van der Waals surface area contributed by atoms with Crippen LogP contribution < -0.4 is 14.8 Å². The van der Waals surface area contributed by atoms with E-state index in [1.165, 1.54) is 0 Å². The molecule has 1 aliphatic rings. The van der Waals surface area contributed by atoms with Crippen LogP contribution in [0, 0.1) is 0 Å². The van der Waals surface area contributed by atoms with Crippen LogP contribution in [-0.2, 0) is 12.1 Å². The molecule has 1 aliphatic heterocycles. The van der Waals surface area contributed by atoms with Gasteiger partial charge < -0.3 is 19.7 Å². The van der Waals surface area contributed by atoms with Crippen molar-refractivity contribution in [2.24, 2.45) is 0 Å². The number of hydrogen-bond acceptors (Lipinski definition) is 4. The normalized spacial score (nSPS) is 16.6. The molecule has 0 spiro atoms. The smallest absolute Gasteiger partial charge is 0.167 e. The molecule has 124 valence electrons. The first-order valence-corrected chi connectivity index (χ1v) is 7.83. The molecule has 2 rings (SSSR count). The predicted octanol–water partition coefficient (Wildman–Crippen LogP) is 2.36. The minimum atomic E-state index is -1.47. The number of alkyl halides is 1. The number of hydrogen-bond donors (Lipinski definition) is 1. The number of nitrogens with one attached hydrogen (secondary N) is 1. The second-order valence-corrected chi connectivity index (χ2v) is 6.19. The molecule has 4 nitrogen and oxygen atoms in total. The van der Waals surface area contributed by atoms with E-state index < -0.39 is 5.67 Å². The van der Waals surface area contributed by atoms with Gasteiger partial charge in [-0.3, -0.25) is 0 Å². The standard InChI is InChI=1S/C17H27FN2O2/c1-17(2,18)14-11-13(12-15(21-3)16(14)22-4)5-8-20-9-6-19-7-10-20/h11-12,19H,5-10H2,1-4H3. The number of piperazine rings is 1. The lowest BCUT2D eigenvalue weighted by molar-refractivity contribution is 0.210. The Hall–Kier alpha value is -1.33. The number of nitrogens with zero attached hydrogens (tertiary/aromatic N) is 1. The molecule has 1 aromatic rings. The molecule has 1 aromatic carbocycles. The Morgan fingerprint density at radius 2 is 1.86 bits per heavy atom. The Labute approximate surface area is 132 Å². The van der Waals surface area contributed by atoms with Crippen molar-refractivity contribution in [3.8, 4) is 11.5 Å². The van der Waals surface area contributed by atoms with Crippen molar-refractivity contribution in [2.45, 2.75) is 25.9 Å². The Morgan fingerprint density at radius 1 is 1.18 bits per heavy atom. The first-order chi connectivity index (χ1) is 10.5. The molecule has 0 radical (unpaired) electrons. The number of benzene rings is 1. The first kappa shape index (κ1) is 17.0. The average molecular weight is 310 g/mol. The van der Waals surface area contributed by atoms with E-state index in [-0.39, 0.29) is 0 Å².